The Hall–Kier alpha value is -2.93. The Balaban J connectivity index is 2.29. The van der Waals surface area contributed by atoms with Crippen LogP contribution in [0.3, 0.4) is 0 Å². The van der Waals surface area contributed by atoms with E-state index in [2.05, 4.69) is 10.3 Å². The van der Waals surface area contributed by atoms with E-state index in [1.54, 1.807) is 49.5 Å². The summed E-state index contributed by atoms with van der Waals surface area (Å²) in [4.78, 5) is 16.4. The number of hydrogen-bond acceptors (Lipinski definition) is 4. The molecule has 1 heterocycles. The van der Waals surface area contributed by atoms with Gasteiger partial charge < -0.3 is 5.32 Å². The maximum atomic E-state index is 12.3. The summed E-state index contributed by atoms with van der Waals surface area (Å²) in [6.45, 7) is 1.69. The maximum absolute atomic E-state index is 12.3. The molecule has 0 aliphatic heterocycles. The molecular weight excluding hydrogens is 250 g/mol. The second-order valence-electron chi connectivity index (χ2n) is 4.15. The van der Waals surface area contributed by atoms with E-state index in [0.717, 1.165) is 0 Å². The van der Waals surface area contributed by atoms with Crippen LogP contribution in [0.15, 0.2) is 66.0 Å². The predicted octanol–water partition coefficient (Wildman–Crippen LogP) is 3.17. The Morgan fingerprint density at radius 3 is 2.45 bits per heavy atom. The number of rotatable bonds is 4. The SMILES string of the molecule is CC(Nc1ccccn1)=C(C#N)C(=O)c1ccccc1. The molecule has 0 amide bonds. The number of pyridine rings is 1. The quantitative estimate of drug-likeness (QED) is 0.522. The van der Waals surface area contributed by atoms with E-state index in [9.17, 15) is 10.1 Å². The molecule has 0 atom stereocenters. The van der Waals surface area contributed by atoms with Gasteiger partial charge in [0.05, 0.1) is 0 Å². The number of anilines is 1. The molecule has 4 heteroatoms. The summed E-state index contributed by atoms with van der Waals surface area (Å²) in [5, 5.41) is 12.2. The fourth-order valence-corrected chi connectivity index (χ4v) is 1.73. The summed E-state index contributed by atoms with van der Waals surface area (Å²) in [5.74, 6) is 0.299. The summed E-state index contributed by atoms with van der Waals surface area (Å²) in [7, 11) is 0. The summed E-state index contributed by atoms with van der Waals surface area (Å²) < 4.78 is 0. The van der Waals surface area contributed by atoms with Crippen LogP contribution in [0, 0.1) is 11.3 Å². The lowest BCUT2D eigenvalue weighted by molar-refractivity contribution is 0.103. The monoisotopic (exact) mass is 263 g/mol. The van der Waals surface area contributed by atoms with Crippen molar-refractivity contribution in [2.24, 2.45) is 0 Å². The first-order chi connectivity index (χ1) is 9.72. The minimum Gasteiger partial charge on any atom is -0.343 e. The van der Waals surface area contributed by atoms with Gasteiger partial charge in [0.25, 0.3) is 0 Å². The number of nitrogens with one attached hydrogen (secondary N) is 1. The topological polar surface area (TPSA) is 65.8 Å². The van der Waals surface area contributed by atoms with Crippen LogP contribution in [0.25, 0.3) is 0 Å². The molecule has 0 spiro atoms. The number of benzene rings is 1. The van der Waals surface area contributed by atoms with Gasteiger partial charge >= 0.3 is 0 Å². The lowest BCUT2D eigenvalue weighted by Gasteiger charge is -2.07. The van der Waals surface area contributed by atoms with E-state index < -0.39 is 0 Å². The third-order valence-electron chi connectivity index (χ3n) is 2.73. The summed E-state index contributed by atoms with van der Waals surface area (Å²) in [6, 6.07) is 16.1. The fourth-order valence-electron chi connectivity index (χ4n) is 1.73. The number of nitrogens with zero attached hydrogens (tertiary/aromatic N) is 2. The van der Waals surface area contributed by atoms with Crippen molar-refractivity contribution >= 4 is 11.6 Å². The van der Waals surface area contributed by atoms with Crippen LogP contribution in [0.2, 0.25) is 0 Å². The van der Waals surface area contributed by atoms with E-state index in [-0.39, 0.29) is 11.4 Å². The third-order valence-corrected chi connectivity index (χ3v) is 2.73. The van der Waals surface area contributed by atoms with Crippen LogP contribution in [0.5, 0.6) is 0 Å². The van der Waals surface area contributed by atoms with Crippen molar-refractivity contribution in [2.75, 3.05) is 5.32 Å². The molecule has 4 nitrogen and oxygen atoms in total. The number of hydrogen-bond donors (Lipinski definition) is 1. The number of allylic oxidation sites excluding steroid dienone is 2. The van der Waals surface area contributed by atoms with Gasteiger partial charge in [0.2, 0.25) is 5.78 Å². The van der Waals surface area contributed by atoms with E-state index in [1.165, 1.54) is 0 Å². The standard InChI is InChI=1S/C16H13N3O/c1-12(19-15-9-5-6-10-18-15)14(11-17)16(20)13-7-3-2-4-8-13/h2-10H,1H3,(H,18,19). The molecule has 0 bridgehead atoms. The minimum absolute atomic E-state index is 0.0850. The Morgan fingerprint density at radius 1 is 1.15 bits per heavy atom. The molecule has 0 aliphatic carbocycles. The molecule has 0 aliphatic rings. The van der Waals surface area contributed by atoms with Gasteiger partial charge in [-0.2, -0.15) is 5.26 Å². The second kappa shape index (κ2) is 6.30. The van der Waals surface area contributed by atoms with Gasteiger partial charge in [0.15, 0.2) is 0 Å². The fraction of sp³-hybridized carbons (Fsp3) is 0.0625. The zero-order valence-corrected chi connectivity index (χ0v) is 11.0. The van der Waals surface area contributed by atoms with Gasteiger partial charge in [0, 0.05) is 17.5 Å². The van der Waals surface area contributed by atoms with Crippen LogP contribution in [-0.2, 0) is 0 Å². The van der Waals surface area contributed by atoms with Gasteiger partial charge in [-0.25, -0.2) is 4.98 Å². The van der Waals surface area contributed by atoms with Crippen molar-refractivity contribution in [3.05, 3.63) is 71.6 Å². The van der Waals surface area contributed by atoms with Crippen molar-refractivity contribution in [3.63, 3.8) is 0 Å². The molecule has 0 unspecified atom stereocenters. The average molecular weight is 263 g/mol. The minimum atomic E-state index is -0.297. The van der Waals surface area contributed by atoms with Crippen LogP contribution in [0.4, 0.5) is 5.82 Å². The molecule has 2 aromatic rings. The van der Waals surface area contributed by atoms with Gasteiger partial charge in [0.1, 0.15) is 17.5 Å². The zero-order valence-electron chi connectivity index (χ0n) is 11.0. The lowest BCUT2D eigenvalue weighted by Crippen LogP contribution is -2.09. The van der Waals surface area contributed by atoms with E-state index in [1.807, 2.05) is 18.2 Å². The second-order valence-corrected chi connectivity index (χ2v) is 4.15. The normalized spacial score (nSPS) is 11.2. The van der Waals surface area contributed by atoms with Crippen molar-refractivity contribution in [1.82, 2.24) is 4.98 Å². The first-order valence-corrected chi connectivity index (χ1v) is 6.11. The van der Waals surface area contributed by atoms with E-state index >= 15 is 0 Å². The van der Waals surface area contributed by atoms with E-state index in [4.69, 9.17) is 0 Å². The number of Topliss-reactive ketones (excluding diaryl/α,β-unsaturated/α-hetero) is 1. The first kappa shape index (κ1) is 13.5. The van der Waals surface area contributed by atoms with Crippen LogP contribution in [0.1, 0.15) is 17.3 Å². The average Bonchev–Trinajstić information content (AvgIpc) is 2.49. The maximum Gasteiger partial charge on any atom is 0.205 e. The number of aromatic nitrogens is 1. The summed E-state index contributed by atoms with van der Waals surface area (Å²) in [6.07, 6.45) is 1.64. The highest BCUT2D eigenvalue weighted by Crippen LogP contribution is 2.14. The molecule has 1 aromatic carbocycles. The summed E-state index contributed by atoms with van der Waals surface area (Å²) >= 11 is 0. The third kappa shape index (κ3) is 3.09. The molecule has 0 radical (unpaired) electrons. The van der Waals surface area contributed by atoms with Gasteiger partial charge in [-0.05, 0) is 19.1 Å². The number of nitriles is 1. The van der Waals surface area contributed by atoms with Gasteiger partial charge in [-0.15, -0.1) is 0 Å². The van der Waals surface area contributed by atoms with E-state index in [0.29, 0.717) is 17.1 Å². The predicted molar refractivity (Wildman–Crippen MR) is 76.9 cm³/mol. The molecule has 1 aromatic heterocycles. The van der Waals surface area contributed by atoms with Crippen LogP contribution in [-0.4, -0.2) is 10.8 Å². The largest absolute Gasteiger partial charge is 0.343 e. The van der Waals surface area contributed by atoms with Crippen LogP contribution < -0.4 is 5.32 Å². The molecule has 0 saturated carbocycles. The Morgan fingerprint density at radius 2 is 1.85 bits per heavy atom. The highest BCUT2D eigenvalue weighted by Gasteiger charge is 2.15. The molecule has 2 rings (SSSR count). The van der Waals surface area contributed by atoms with Crippen molar-refractivity contribution in [1.29, 1.82) is 5.26 Å². The van der Waals surface area contributed by atoms with Gasteiger partial charge in [-0.3, -0.25) is 4.79 Å². The molecule has 20 heavy (non-hydrogen) atoms. The Labute approximate surface area is 117 Å². The number of ketones is 1. The molecular formula is C16H13N3O. The van der Waals surface area contributed by atoms with Crippen molar-refractivity contribution in [3.8, 4) is 6.07 Å². The van der Waals surface area contributed by atoms with Gasteiger partial charge in [-0.1, -0.05) is 36.4 Å². The Kier molecular flexibility index (Phi) is 4.25. The Bertz CT molecular complexity index is 670. The smallest absolute Gasteiger partial charge is 0.205 e. The number of carbonyl (C=O) groups is 1. The first-order valence-electron chi connectivity index (χ1n) is 6.11. The van der Waals surface area contributed by atoms with Crippen LogP contribution >= 0.6 is 0 Å². The molecule has 0 fully saturated rings. The number of carbonyl (C=O) groups excluding carboxylic acids is 1. The zero-order chi connectivity index (χ0) is 14.4. The highest BCUT2D eigenvalue weighted by atomic mass is 16.1. The van der Waals surface area contributed by atoms with Crippen molar-refractivity contribution in [2.45, 2.75) is 6.92 Å². The summed E-state index contributed by atoms with van der Waals surface area (Å²) in [5.41, 5.74) is 1.06. The highest BCUT2D eigenvalue weighted by molar-refractivity contribution is 6.11. The molecule has 1 N–H and O–H groups in total. The molecule has 98 valence electrons. The van der Waals surface area contributed by atoms with Crippen molar-refractivity contribution < 1.29 is 4.79 Å². The lowest BCUT2D eigenvalue weighted by atomic mass is 10.0. The molecule has 0 saturated heterocycles.